The Bertz CT molecular complexity index is 511. The summed E-state index contributed by atoms with van der Waals surface area (Å²) in [4.78, 5) is 23.3. The maximum Gasteiger partial charge on any atom is 0.321 e. The summed E-state index contributed by atoms with van der Waals surface area (Å²) in [6.45, 7) is -0.00662. The molecule has 2 amide bonds. The lowest BCUT2D eigenvalue weighted by molar-refractivity contribution is -0.137. The second kappa shape index (κ2) is 7.04. The predicted octanol–water partition coefficient (Wildman–Crippen LogP) is 3.22. The van der Waals surface area contributed by atoms with Crippen LogP contribution >= 0.6 is 11.6 Å². The second-order valence-electron chi connectivity index (χ2n) is 4.04. The minimum absolute atomic E-state index is 0.00662. The first kappa shape index (κ1) is 16.2. The lowest BCUT2D eigenvalue weighted by atomic mass is 10.2. The third kappa shape index (κ3) is 4.65. The molecule has 0 aliphatic heterocycles. The van der Waals surface area contributed by atoms with E-state index in [0.29, 0.717) is 0 Å². The van der Waals surface area contributed by atoms with Crippen molar-refractivity contribution in [3.63, 3.8) is 0 Å². The molecule has 0 radical (unpaired) electrons. The summed E-state index contributed by atoms with van der Waals surface area (Å²) < 4.78 is 25.1. The van der Waals surface area contributed by atoms with E-state index in [-0.39, 0.29) is 29.2 Å². The molecule has 8 heteroatoms. The summed E-state index contributed by atoms with van der Waals surface area (Å²) in [5.41, 5.74) is -0.213. The van der Waals surface area contributed by atoms with Gasteiger partial charge >= 0.3 is 12.0 Å². The van der Waals surface area contributed by atoms with Crippen molar-refractivity contribution in [3.8, 4) is 0 Å². The van der Waals surface area contributed by atoms with E-state index in [0.717, 1.165) is 17.0 Å². The minimum atomic E-state index is -2.67. The number of anilines is 1. The van der Waals surface area contributed by atoms with E-state index in [9.17, 15) is 18.4 Å². The minimum Gasteiger partial charge on any atom is -0.481 e. The fraction of sp³-hybridized carbons (Fsp3) is 0.333. The second-order valence-corrected chi connectivity index (χ2v) is 4.44. The Morgan fingerprint density at radius 2 is 2.10 bits per heavy atom. The van der Waals surface area contributed by atoms with Gasteiger partial charge in [0.05, 0.1) is 17.1 Å². The zero-order valence-electron chi connectivity index (χ0n) is 10.6. The molecule has 1 aromatic rings. The molecule has 0 aliphatic rings. The van der Waals surface area contributed by atoms with Crippen molar-refractivity contribution in [1.29, 1.82) is 0 Å². The van der Waals surface area contributed by atoms with Crippen molar-refractivity contribution in [2.45, 2.75) is 12.8 Å². The molecule has 0 spiro atoms. The number of rotatable bonds is 5. The highest BCUT2D eigenvalue weighted by molar-refractivity contribution is 6.33. The van der Waals surface area contributed by atoms with Gasteiger partial charge in [0.1, 0.15) is 0 Å². The SMILES string of the molecule is CN(CCC(=O)O)C(=O)Nc1cc(C(F)F)ccc1Cl. The lowest BCUT2D eigenvalue weighted by Gasteiger charge is -2.18. The van der Waals surface area contributed by atoms with E-state index < -0.39 is 18.4 Å². The summed E-state index contributed by atoms with van der Waals surface area (Å²) >= 11 is 5.80. The van der Waals surface area contributed by atoms with Crippen LogP contribution in [-0.4, -0.2) is 35.6 Å². The van der Waals surface area contributed by atoms with Gasteiger partial charge in [-0.2, -0.15) is 0 Å². The maximum absolute atomic E-state index is 12.6. The standard InChI is InChI=1S/C12H13ClF2N2O3/c1-17(5-4-10(18)19)12(20)16-9-6-7(11(14)15)2-3-8(9)13/h2-3,6,11H,4-5H2,1H3,(H,16,20)(H,18,19). The van der Waals surface area contributed by atoms with Crippen LogP contribution in [0, 0.1) is 0 Å². The summed E-state index contributed by atoms with van der Waals surface area (Å²) in [6.07, 6.45) is -2.89. The van der Waals surface area contributed by atoms with E-state index in [1.54, 1.807) is 0 Å². The molecule has 0 bridgehead atoms. The topological polar surface area (TPSA) is 69.6 Å². The molecule has 5 nitrogen and oxygen atoms in total. The molecule has 0 saturated carbocycles. The van der Waals surface area contributed by atoms with E-state index >= 15 is 0 Å². The van der Waals surface area contributed by atoms with Crippen LogP contribution in [-0.2, 0) is 4.79 Å². The molecule has 0 aliphatic carbocycles. The van der Waals surface area contributed by atoms with Crippen LogP contribution in [0.25, 0.3) is 0 Å². The summed E-state index contributed by atoms with van der Waals surface area (Å²) in [5.74, 6) is -1.04. The van der Waals surface area contributed by atoms with Gasteiger partial charge in [0.25, 0.3) is 6.43 Å². The number of nitrogens with zero attached hydrogens (tertiary/aromatic N) is 1. The molecule has 0 unspecified atom stereocenters. The number of hydrogen-bond donors (Lipinski definition) is 2. The molecule has 20 heavy (non-hydrogen) atoms. The number of benzene rings is 1. The lowest BCUT2D eigenvalue weighted by Crippen LogP contribution is -2.33. The Balaban J connectivity index is 2.74. The number of urea groups is 1. The number of carboxylic acids is 1. The Morgan fingerprint density at radius 1 is 1.45 bits per heavy atom. The molecule has 0 atom stereocenters. The van der Waals surface area contributed by atoms with E-state index in [4.69, 9.17) is 16.7 Å². The Kier molecular flexibility index (Phi) is 5.69. The molecule has 1 aromatic carbocycles. The molecule has 110 valence electrons. The van der Waals surface area contributed by atoms with Gasteiger partial charge in [0, 0.05) is 19.2 Å². The van der Waals surface area contributed by atoms with Gasteiger partial charge in [-0.25, -0.2) is 13.6 Å². The Hall–Kier alpha value is -1.89. The van der Waals surface area contributed by atoms with E-state index in [1.165, 1.54) is 13.1 Å². The van der Waals surface area contributed by atoms with Gasteiger partial charge in [-0.05, 0) is 12.1 Å². The third-order valence-corrected chi connectivity index (χ3v) is 2.82. The smallest absolute Gasteiger partial charge is 0.321 e. The molecular weight excluding hydrogens is 294 g/mol. The first-order valence-electron chi connectivity index (χ1n) is 5.62. The predicted molar refractivity (Wildman–Crippen MR) is 70.3 cm³/mol. The average molecular weight is 307 g/mol. The van der Waals surface area contributed by atoms with Crippen LogP contribution in [0.5, 0.6) is 0 Å². The third-order valence-electron chi connectivity index (χ3n) is 2.49. The first-order valence-corrected chi connectivity index (χ1v) is 6.00. The number of alkyl halides is 2. The number of carbonyl (C=O) groups excluding carboxylic acids is 1. The Labute approximate surface area is 119 Å². The van der Waals surface area contributed by atoms with Crippen LogP contribution in [0.2, 0.25) is 5.02 Å². The van der Waals surface area contributed by atoms with Gasteiger partial charge in [-0.15, -0.1) is 0 Å². The Morgan fingerprint density at radius 3 is 2.65 bits per heavy atom. The maximum atomic E-state index is 12.6. The van der Waals surface area contributed by atoms with Crippen molar-refractivity contribution in [1.82, 2.24) is 4.90 Å². The molecule has 0 saturated heterocycles. The van der Waals surface area contributed by atoms with Gasteiger partial charge in [0.2, 0.25) is 0 Å². The number of nitrogens with one attached hydrogen (secondary N) is 1. The molecule has 0 aromatic heterocycles. The first-order chi connectivity index (χ1) is 9.31. The summed E-state index contributed by atoms with van der Waals surface area (Å²) in [6, 6.07) is 2.88. The fourth-order valence-corrected chi connectivity index (χ4v) is 1.51. The zero-order chi connectivity index (χ0) is 15.3. The highest BCUT2D eigenvalue weighted by Crippen LogP contribution is 2.28. The highest BCUT2D eigenvalue weighted by atomic mass is 35.5. The average Bonchev–Trinajstić information content (AvgIpc) is 2.37. The van der Waals surface area contributed by atoms with Gasteiger partial charge in [-0.3, -0.25) is 4.79 Å². The van der Waals surface area contributed by atoms with Gasteiger partial charge in [-0.1, -0.05) is 17.7 Å². The van der Waals surface area contributed by atoms with Crippen molar-refractivity contribution < 1.29 is 23.5 Å². The molecular formula is C12H13ClF2N2O3. The van der Waals surface area contributed by atoms with Crippen LogP contribution in [0.1, 0.15) is 18.4 Å². The number of halogens is 3. The van der Waals surface area contributed by atoms with E-state index in [1.807, 2.05) is 0 Å². The zero-order valence-corrected chi connectivity index (χ0v) is 11.3. The molecule has 2 N–H and O–H groups in total. The fourth-order valence-electron chi connectivity index (χ4n) is 1.35. The quantitative estimate of drug-likeness (QED) is 0.877. The van der Waals surface area contributed by atoms with Crippen LogP contribution in [0.3, 0.4) is 0 Å². The largest absolute Gasteiger partial charge is 0.481 e. The number of carbonyl (C=O) groups is 2. The van der Waals surface area contributed by atoms with Crippen molar-refractivity contribution in [3.05, 3.63) is 28.8 Å². The molecule has 1 rings (SSSR count). The van der Waals surface area contributed by atoms with Crippen LogP contribution in [0.4, 0.5) is 19.3 Å². The van der Waals surface area contributed by atoms with Crippen LogP contribution < -0.4 is 5.32 Å². The van der Waals surface area contributed by atoms with Gasteiger partial charge < -0.3 is 15.3 Å². The molecule has 0 fully saturated rings. The number of amides is 2. The van der Waals surface area contributed by atoms with Crippen molar-refractivity contribution in [2.24, 2.45) is 0 Å². The monoisotopic (exact) mass is 306 g/mol. The molecule has 0 heterocycles. The normalized spacial score (nSPS) is 10.4. The summed E-state index contributed by atoms with van der Waals surface area (Å²) in [5, 5.41) is 11.0. The van der Waals surface area contributed by atoms with Gasteiger partial charge in [0.15, 0.2) is 0 Å². The van der Waals surface area contributed by atoms with E-state index in [2.05, 4.69) is 5.32 Å². The number of aliphatic carboxylic acids is 1. The summed E-state index contributed by atoms with van der Waals surface area (Å²) in [7, 11) is 1.39. The number of hydrogen-bond acceptors (Lipinski definition) is 2. The highest BCUT2D eigenvalue weighted by Gasteiger charge is 2.14. The number of carboxylic acid groups (broad SMARTS) is 1. The van der Waals surface area contributed by atoms with Crippen molar-refractivity contribution in [2.75, 3.05) is 18.9 Å². The van der Waals surface area contributed by atoms with Crippen LogP contribution in [0.15, 0.2) is 18.2 Å². The van der Waals surface area contributed by atoms with Crippen molar-refractivity contribution >= 4 is 29.3 Å².